The zero-order valence-corrected chi connectivity index (χ0v) is 19.5. The van der Waals surface area contributed by atoms with E-state index in [2.05, 4.69) is 21.0 Å². The number of hydrogen-bond acceptors (Lipinski definition) is 4. The second-order valence-corrected chi connectivity index (χ2v) is 9.62. The van der Waals surface area contributed by atoms with Gasteiger partial charge in [-0.1, -0.05) is 17.7 Å². The topological polar surface area (TPSA) is 71.1 Å². The molecule has 1 atom stereocenters. The molecular weight excluding hydrogens is 448 g/mol. The fourth-order valence-electron chi connectivity index (χ4n) is 5.27. The van der Waals surface area contributed by atoms with Crippen LogP contribution in [0.1, 0.15) is 24.0 Å². The van der Waals surface area contributed by atoms with Crippen molar-refractivity contribution in [2.45, 2.75) is 31.8 Å². The molecule has 1 saturated heterocycles. The lowest BCUT2D eigenvalue weighted by Gasteiger charge is -2.33. The van der Waals surface area contributed by atoms with Gasteiger partial charge in [0, 0.05) is 65.8 Å². The monoisotopic (exact) mass is 472 g/mol. The van der Waals surface area contributed by atoms with Crippen LogP contribution < -0.4 is 4.74 Å². The fraction of sp³-hybridized carbons (Fsp3) is 0.296. The summed E-state index contributed by atoms with van der Waals surface area (Å²) in [5.41, 5.74) is 4.95. The molecule has 6 nitrogen and oxygen atoms in total. The summed E-state index contributed by atoms with van der Waals surface area (Å²) in [4.78, 5) is 27.1. The summed E-state index contributed by atoms with van der Waals surface area (Å²) in [6.45, 7) is 1.53. The maximum atomic E-state index is 13.4. The number of ether oxygens (including phenoxy) is 1. The Morgan fingerprint density at radius 1 is 1.15 bits per heavy atom. The summed E-state index contributed by atoms with van der Waals surface area (Å²) >= 11 is 6.48. The molecule has 6 rings (SSSR count). The molecule has 2 aliphatic rings. The standard InChI is InChI=1S/C27H25ClN4O2/c28-20-13-19-14-24(27(33)32-10-5-17(6-11-32)12-18-2-1-7-29-16-18)34-25(19)23(15-20)21-3-8-30-26-22(21)4-9-31-26/h1-4,7-9,13,15-17,24H,5-6,10-12,14H2,(H,30,31)/t24-/m1/s1. The van der Waals surface area contributed by atoms with E-state index in [-0.39, 0.29) is 5.91 Å². The zero-order chi connectivity index (χ0) is 23.1. The maximum absolute atomic E-state index is 13.4. The van der Waals surface area contributed by atoms with E-state index in [1.54, 1.807) is 12.4 Å². The highest BCUT2D eigenvalue weighted by molar-refractivity contribution is 6.31. The van der Waals surface area contributed by atoms with Gasteiger partial charge >= 0.3 is 0 Å². The molecule has 0 radical (unpaired) electrons. The molecule has 1 N–H and O–H groups in total. The van der Waals surface area contributed by atoms with Crippen molar-refractivity contribution in [3.05, 3.63) is 77.3 Å². The fourth-order valence-corrected chi connectivity index (χ4v) is 5.51. The van der Waals surface area contributed by atoms with Gasteiger partial charge in [0.2, 0.25) is 0 Å². The van der Waals surface area contributed by atoms with E-state index in [1.807, 2.05) is 47.6 Å². The van der Waals surface area contributed by atoms with Gasteiger partial charge in [-0.05, 0) is 66.6 Å². The van der Waals surface area contributed by atoms with Gasteiger partial charge in [0.1, 0.15) is 11.4 Å². The number of nitrogens with one attached hydrogen (secondary N) is 1. The summed E-state index contributed by atoms with van der Waals surface area (Å²) in [5.74, 6) is 1.40. The summed E-state index contributed by atoms with van der Waals surface area (Å²) in [7, 11) is 0. The molecule has 7 heteroatoms. The average Bonchev–Trinajstić information content (AvgIpc) is 3.51. The number of benzene rings is 1. The van der Waals surface area contributed by atoms with Crippen molar-refractivity contribution in [3.8, 4) is 16.9 Å². The number of fused-ring (bicyclic) bond motifs is 2. The smallest absolute Gasteiger partial charge is 0.263 e. The van der Waals surface area contributed by atoms with E-state index in [0.717, 1.165) is 65.8 Å². The third-order valence-electron chi connectivity index (χ3n) is 7.00. The van der Waals surface area contributed by atoms with E-state index in [9.17, 15) is 4.79 Å². The Morgan fingerprint density at radius 2 is 2.03 bits per heavy atom. The SMILES string of the molecule is O=C([C@H]1Cc2cc(Cl)cc(-c3ccnc4[nH]ccc34)c2O1)N1CCC(Cc2cccnc2)CC1. The Balaban J connectivity index is 1.18. The Labute approximate surface area is 202 Å². The molecule has 2 aliphatic heterocycles. The van der Waals surface area contributed by atoms with Crippen LogP contribution in [0.5, 0.6) is 5.75 Å². The Hall–Kier alpha value is -3.38. The molecule has 3 aromatic heterocycles. The average molecular weight is 473 g/mol. The summed E-state index contributed by atoms with van der Waals surface area (Å²) in [5, 5.41) is 1.64. The molecule has 172 valence electrons. The number of halogens is 1. The van der Waals surface area contributed by atoms with Crippen LogP contribution in [0.3, 0.4) is 0 Å². The van der Waals surface area contributed by atoms with Crippen LogP contribution in [0, 0.1) is 5.92 Å². The van der Waals surface area contributed by atoms with Gasteiger partial charge in [-0.2, -0.15) is 0 Å². The highest BCUT2D eigenvalue weighted by Crippen LogP contribution is 2.43. The second kappa shape index (κ2) is 8.76. The van der Waals surface area contributed by atoms with Gasteiger partial charge in [-0.3, -0.25) is 9.78 Å². The molecule has 0 aliphatic carbocycles. The van der Waals surface area contributed by atoms with E-state index < -0.39 is 6.10 Å². The second-order valence-electron chi connectivity index (χ2n) is 9.18. The van der Waals surface area contributed by atoms with Crippen molar-refractivity contribution in [1.82, 2.24) is 19.9 Å². The van der Waals surface area contributed by atoms with Crippen LogP contribution in [0.2, 0.25) is 5.02 Å². The first-order chi connectivity index (χ1) is 16.7. The molecule has 0 saturated carbocycles. The summed E-state index contributed by atoms with van der Waals surface area (Å²) in [6.07, 6.45) is 10.4. The Kier molecular flexibility index (Phi) is 5.46. The van der Waals surface area contributed by atoms with Gasteiger partial charge in [-0.15, -0.1) is 0 Å². The van der Waals surface area contributed by atoms with Crippen molar-refractivity contribution in [1.29, 1.82) is 0 Å². The first-order valence-electron chi connectivity index (χ1n) is 11.7. The predicted octanol–water partition coefficient (Wildman–Crippen LogP) is 5.06. The van der Waals surface area contributed by atoms with Crippen molar-refractivity contribution >= 4 is 28.5 Å². The van der Waals surface area contributed by atoms with Crippen LogP contribution >= 0.6 is 11.6 Å². The van der Waals surface area contributed by atoms with Gasteiger partial charge < -0.3 is 14.6 Å². The first kappa shape index (κ1) is 21.2. The van der Waals surface area contributed by atoms with Gasteiger partial charge in [0.05, 0.1) is 0 Å². The molecular formula is C27H25ClN4O2. The molecule has 34 heavy (non-hydrogen) atoms. The van der Waals surface area contributed by atoms with Crippen LogP contribution in [-0.2, 0) is 17.6 Å². The largest absolute Gasteiger partial charge is 0.479 e. The van der Waals surface area contributed by atoms with Gasteiger partial charge in [0.25, 0.3) is 5.91 Å². The Bertz CT molecular complexity index is 1350. The summed E-state index contributed by atoms with van der Waals surface area (Å²) in [6, 6.07) is 11.9. The molecule has 1 aromatic carbocycles. The predicted molar refractivity (Wildman–Crippen MR) is 132 cm³/mol. The number of hydrogen-bond donors (Lipinski definition) is 1. The minimum atomic E-state index is -0.509. The van der Waals surface area contributed by atoms with E-state index in [0.29, 0.717) is 17.4 Å². The number of nitrogens with zero attached hydrogens (tertiary/aromatic N) is 3. The zero-order valence-electron chi connectivity index (χ0n) is 18.7. The number of rotatable bonds is 4. The third-order valence-corrected chi connectivity index (χ3v) is 7.21. The Morgan fingerprint density at radius 3 is 2.85 bits per heavy atom. The number of amides is 1. The minimum absolute atomic E-state index is 0.0691. The van der Waals surface area contributed by atoms with Crippen LogP contribution in [0.25, 0.3) is 22.2 Å². The number of likely N-dealkylation sites (tertiary alicyclic amines) is 1. The molecule has 0 unspecified atom stereocenters. The van der Waals surface area contributed by atoms with Crippen LogP contribution in [-0.4, -0.2) is 45.0 Å². The molecule has 0 bridgehead atoms. The molecule has 5 heterocycles. The first-order valence-corrected chi connectivity index (χ1v) is 12.1. The number of carbonyl (C=O) groups is 1. The number of H-pyrrole nitrogens is 1. The lowest BCUT2D eigenvalue weighted by Crippen LogP contribution is -2.45. The van der Waals surface area contributed by atoms with Crippen molar-refractivity contribution in [2.24, 2.45) is 5.92 Å². The van der Waals surface area contributed by atoms with E-state index >= 15 is 0 Å². The summed E-state index contributed by atoms with van der Waals surface area (Å²) < 4.78 is 6.32. The van der Waals surface area contributed by atoms with Gasteiger partial charge in [0.15, 0.2) is 6.10 Å². The lowest BCUT2D eigenvalue weighted by atomic mass is 9.90. The minimum Gasteiger partial charge on any atom is -0.479 e. The maximum Gasteiger partial charge on any atom is 0.263 e. The third kappa shape index (κ3) is 3.92. The van der Waals surface area contributed by atoms with Crippen molar-refractivity contribution in [3.63, 3.8) is 0 Å². The number of aromatic amines is 1. The van der Waals surface area contributed by atoms with Crippen molar-refractivity contribution in [2.75, 3.05) is 13.1 Å². The van der Waals surface area contributed by atoms with Crippen LogP contribution in [0.4, 0.5) is 0 Å². The molecule has 0 spiro atoms. The lowest BCUT2D eigenvalue weighted by molar-refractivity contribution is -0.139. The number of aromatic nitrogens is 3. The molecule has 1 fully saturated rings. The van der Waals surface area contributed by atoms with E-state index in [4.69, 9.17) is 16.3 Å². The van der Waals surface area contributed by atoms with Crippen LogP contribution in [0.15, 0.2) is 61.2 Å². The van der Waals surface area contributed by atoms with E-state index in [1.165, 1.54) is 5.56 Å². The highest BCUT2D eigenvalue weighted by Gasteiger charge is 2.36. The highest BCUT2D eigenvalue weighted by atomic mass is 35.5. The quantitative estimate of drug-likeness (QED) is 0.450. The van der Waals surface area contributed by atoms with Gasteiger partial charge in [-0.25, -0.2) is 4.98 Å². The number of piperidine rings is 1. The normalized spacial score (nSPS) is 18.1. The van der Waals surface area contributed by atoms with Crippen molar-refractivity contribution < 1.29 is 9.53 Å². The number of carbonyl (C=O) groups excluding carboxylic acids is 1. The number of pyridine rings is 2. The molecule has 1 amide bonds. The molecule has 4 aromatic rings.